The van der Waals surface area contributed by atoms with Crippen LogP contribution in [-0.4, -0.2) is 21.3 Å². The van der Waals surface area contributed by atoms with Crippen molar-refractivity contribution >= 4 is 22.9 Å². The topological polar surface area (TPSA) is 128 Å². The highest BCUT2D eigenvalue weighted by atomic mass is 16.6. The van der Waals surface area contributed by atoms with Crippen LogP contribution in [0.25, 0.3) is 0 Å². The Morgan fingerprint density at radius 3 is 2.07 bits per heavy atom. The predicted octanol–water partition coefficient (Wildman–Crippen LogP) is 3.51. The number of carbonyl (C=O) groups excluding carboxylic acids is 1. The maximum absolute atomic E-state index is 12.3. The van der Waals surface area contributed by atoms with Crippen LogP contribution in [0.2, 0.25) is 0 Å². The minimum Gasteiger partial charge on any atom is -0.299 e. The highest BCUT2D eigenvalue weighted by Crippen LogP contribution is 2.35. The number of ketones is 1. The zero-order valence-corrected chi connectivity index (χ0v) is 15.2. The van der Waals surface area contributed by atoms with E-state index in [1.165, 1.54) is 31.2 Å². The van der Waals surface area contributed by atoms with E-state index in [1.807, 2.05) is 0 Å². The Kier molecular flexibility index (Phi) is 5.27. The zero-order valence-electron chi connectivity index (χ0n) is 15.2. The van der Waals surface area contributed by atoms with Gasteiger partial charge in [-0.15, -0.1) is 0 Å². The maximum atomic E-state index is 12.3. The van der Waals surface area contributed by atoms with E-state index in [2.05, 4.69) is 10.3 Å². The first-order valence-corrected chi connectivity index (χ1v) is 8.57. The zero-order chi connectivity index (χ0) is 20.4. The van der Waals surface area contributed by atoms with E-state index in [1.54, 1.807) is 31.2 Å². The van der Waals surface area contributed by atoms with Crippen LogP contribution in [0.4, 0.5) is 11.4 Å². The van der Waals surface area contributed by atoms with Gasteiger partial charge in [0.1, 0.15) is 11.9 Å². The van der Waals surface area contributed by atoms with Crippen molar-refractivity contribution in [1.29, 1.82) is 0 Å². The van der Waals surface area contributed by atoms with Crippen LogP contribution in [0.3, 0.4) is 0 Å². The molecule has 0 aliphatic carbocycles. The summed E-state index contributed by atoms with van der Waals surface area (Å²) in [5.74, 6) is -0.709. The summed E-state index contributed by atoms with van der Waals surface area (Å²) in [7, 11) is 0. The van der Waals surface area contributed by atoms with Crippen molar-refractivity contribution in [3.63, 3.8) is 0 Å². The normalized spacial score (nSPS) is 21.6. The lowest BCUT2D eigenvalue weighted by molar-refractivity contribution is -0.385. The number of rotatable bonds is 5. The van der Waals surface area contributed by atoms with Gasteiger partial charge in [0.2, 0.25) is 0 Å². The molecule has 0 fully saturated rings. The summed E-state index contributed by atoms with van der Waals surface area (Å²) in [6.07, 6.45) is -0.611. The molecular formula is C19H18N4O5. The SMILES string of the molecule is CC(=O)C1C(C)=N[C@@H](c2cccc([N+](=O)[O-])c2)N[C@H]1c1cccc([N+](=O)[O-])c1. The molecule has 0 radical (unpaired) electrons. The summed E-state index contributed by atoms with van der Waals surface area (Å²) in [6, 6.07) is 11.6. The van der Waals surface area contributed by atoms with Crippen molar-refractivity contribution in [2.24, 2.45) is 10.9 Å². The van der Waals surface area contributed by atoms with Crippen LogP contribution >= 0.6 is 0 Å². The molecule has 28 heavy (non-hydrogen) atoms. The van der Waals surface area contributed by atoms with E-state index in [-0.39, 0.29) is 17.2 Å². The second kappa shape index (κ2) is 7.65. The fraction of sp³-hybridized carbons (Fsp3) is 0.263. The van der Waals surface area contributed by atoms with E-state index >= 15 is 0 Å². The summed E-state index contributed by atoms with van der Waals surface area (Å²) in [5.41, 5.74) is 1.59. The summed E-state index contributed by atoms with van der Waals surface area (Å²) in [4.78, 5) is 38.0. The average molecular weight is 382 g/mol. The number of nitro groups is 2. The second-order valence-electron chi connectivity index (χ2n) is 6.61. The minimum absolute atomic E-state index is 0.0623. The summed E-state index contributed by atoms with van der Waals surface area (Å²) < 4.78 is 0. The van der Waals surface area contributed by atoms with Gasteiger partial charge in [0.25, 0.3) is 11.4 Å². The highest BCUT2D eigenvalue weighted by molar-refractivity contribution is 6.04. The molecule has 1 aliphatic rings. The van der Waals surface area contributed by atoms with Gasteiger partial charge in [-0.25, -0.2) is 0 Å². The second-order valence-corrected chi connectivity index (χ2v) is 6.61. The molecule has 9 heteroatoms. The van der Waals surface area contributed by atoms with E-state index in [4.69, 9.17) is 0 Å². The van der Waals surface area contributed by atoms with Gasteiger partial charge in [-0.05, 0) is 25.0 Å². The van der Waals surface area contributed by atoms with E-state index in [9.17, 15) is 25.0 Å². The lowest BCUT2D eigenvalue weighted by atomic mass is 9.84. The smallest absolute Gasteiger partial charge is 0.269 e. The Morgan fingerprint density at radius 1 is 1.00 bits per heavy atom. The molecule has 3 rings (SSSR count). The number of benzene rings is 2. The van der Waals surface area contributed by atoms with Gasteiger partial charge in [-0.1, -0.05) is 24.3 Å². The van der Waals surface area contributed by atoms with Gasteiger partial charge in [0.05, 0.1) is 15.8 Å². The summed E-state index contributed by atoms with van der Waals surface area (Å²) in [6.45, 7) is 3.17. The summed E-state index contributed by atoms with van der Waals surface area (Å²) >= 11 is 0. The van der Waals surface area contributed by atoms with Gasteiger partial charge in [0.15, 0.2) is 0 Å². The molecule has 0 saturated heterocycles. The molecule has 0 saturated carbocycles. The van der Waals surface area contributed by atoms with Gasteiger partial charge in [-0.3, -0.25) is 35.3 Å². The van der Waals surface area contributed by atoms with Crippen molar-refractivity contribution in [1.82, 2.24) is 5.32 Å². The van der Waals surface area contributed by atoms with Crippen molar-refractivity contribution in [2.45, 2.75) is 26.1 Å². The third-order valence-corrected chi connectivity index (χ3v) is 4.73. The number of Topliss-reactive ketones (excluding diaryl/α,β-unsaturated/α-hetero) is 1. The first kappa shape index (κ1) is 19.3. The molecule has 9 nitrogen and oxygen atoms in total. The van der Waals surface area contributed by atoms with Crippen LogP contribution in [0.15, 0.2) is 53.5 Å². The Balaban J connectivity index is 2.05. The fourth-order valence-electron chi connectivity index (χ4n) is 3.46. The van der Waals surface area contributed by atoms with E-state index in [0.717, 1.165) is 0 Å². The van der Waals surface area contributed by atoms with Gasteiger partial charge in [0, 0.05) is 36.0 Å². The molecule has 1 N–H and O–H groups in total. The Hall–Kier alpha value is -3.46. The molecule has 0 aromatic heterocycles. The van der Waals surface area contributed by atoms with Gasteiger partial charge < -0.3 is 0 Å². The monoisotopic (exact) mass is 382 g/mol. The van der Waals surface area contributed by atoms with Crippen LogP contribution < -0.4 is 5.32 Å². The Morgan fingerprint density at radius 2 is 1.54 bits per heavy atom. The fourth-order valence-corrected chi connectivity index (χ4v) is 3.46. The number of nitrogens with zero attached hydrogens (tertiary/aromatic N) is 3. The number of nitrogens with one attached hydrogen (secondary N) is 1. The number of non-ortho nitro benzene ring substituents is 2. The third kappa shape index (κ3) is 3.79. The van der Waals surface area contributed by atoms with Crippen molar-refractivity contribution in [3.05, 3.63) is 79.9 Å². The lowest BCUT2D eigenvalue weighted by Gasteiger charge is -2.34. The molecule has 144 valence electrons. The number of hydrogen-bond acceptors (Lipinski definition) is 7. The quantitative estimate of drug-likeness (QED) is 0.622. The van der Waals surface area contributed by atoms with Crippen LogP contribution in [0.5, 0.6) is 0 Å². The first-order valence-electron chi connectivity index (χ1n) is 8.57. The van der Waals surface area contributed by atoms with Crippen LogP contribution in [-0.2, 0) is 4.79 Å². The molecule has 0 amide bonds. The van der Waals surface area contributed by atoms with E-state index < -0.39 is 28.0 Å². The summed E-state index contributed by atoms with van der Waals surface area (Å²) in [5, 5.41) is 25.4. The third-order valence-electron chi connectivity index (χ3n) is 4.73. The molecular weight excluding hydrogens is 364 g/mol. The number of nitro benzene ring substituents is 2. The molecule has 0 spiro atoms. The molecule has 2 aromatic carbocycles. The molecule has 0 bridgehead atoms. The number of carbonyl (C=O) groups is 1. The molecule has 2 aromatic rings. The van der Waals surface area contributed by atoms with Crippen LogP contribution in [0.1, 0.15) is 37.2 Å². The van der Waals surface area contributed by atoms with Crippen molar-refractivity contribution in [3.8, 4) is 0 Å². The van der Waals surface area contributed by atoms with Gasteiger partial charge >= 0.3 is 0 Å². The molecule has 1 heterocycles. The van der Waals surface area contributed by atoms with Crippen molar-refractivity contribution in [2.75, 3.05) is 0 Å². The average Bonchev–Trinajstić information content (AvgIpc) is 2.67. The lowest BCUT2D eigenvalue weighted by Crippen LogP contribution is -2.42. The predicted molar refractivity (Wildman–Crippen MR) is 102 cm³/mol. The van der Waals surface area contributed by atoms with Crippen molar-refractivity contribution < 1.29 is 14.6 Å². The Bertz CT molecular complexity index is 988. The first-order chi connectivity index (χ1) is 13.3. The highest BCUT2D eigenvalue weighted by Gasteiger charge is 2.36. The molecule has 1 aliphatic heterocycles. The van der Waals surface area contributed by atoms with E-state index in [0.29, 0.717) is 16.8 Å². The molecule has 3 atom stereocenters. The maximum Gasteiger partial charge on any atom is 0.269 e. The minimum atomic E-state index is -0.611. The van der Waals surface area contributed by atoms with Gasteiger partial charge in [-0.2, -0.15) is 0 Å². The number of hydrogen-bond donors (Lipinski definition) is 1. The standard InChI is InChI=1S/C19H18N4O5/c1-11-17(12(2)24)18(13-5-3-7-15(9-13)22(25)26)21-19(20-11)14-6-4-8-16(10-14)23(27)28/h3-10,17-19,21H,1-2H3/t17?,18-,19+/m0/s1. The largest absolute Gasteiger partial charge is 0.299 e. The van der Waals surface area contributed by atoms with Crippen LogP contribution in [0, 0.1) is 26.1 Å². The number of aliphatic imine (C=N–C) groups is 1. The molecule has 1 unspecified atom stereocenters. The Labute approximate surface area is 160 Å².